The van der Waals surface area contributed by atoms with Gasteiger partial charge in [-0.15, -0.1) is 0 Å². The van der Waals surface area contributed by atoms with E-state index in [1.807, 2.05) is 18.2 Å². The topological polar surface area (TPSA) is 57.7 Å². The molecule has 1 aromatic rings. The molecule has 3 rings (SSSR count). The molecule has 0 radical (unpaired) electrons. The lowest BCUT2D eigenvalue weighted by Crippen LogP contribution is -2.46. The van der Waals surface area contributed by atoms with Crippen LogP contribution in [0.15, 0.2) is 30.3 Å². The lowest BCUT2D eigenvalue weighted by atomic mass is 10.1. The first-order chi connectivity index (χ1) is 11.1. The molecular weight excluding hydrogens is 312 g/mol. The molecule has 1 amide bonds. The maximum atomic E-state index is 12.9. The van der Waals surface area contributed by atoms with Gasteiger partial charge in [-0.25, -0.2) is 8.42 Å². The molecule has 2 fully saturated rings. The van der Waals surface area contributed by atoms with E-state index < -0.39 is 9.84 Å². The Labute approximate surface area is 138 Å². The van der Waals surface area contributed by atoms with Gasteiger partial charge in [-0.2, -0.15) is 0 Å². The van der Waals surface area contributed by atoms with Crippen LogP contribution in [0.2, 0.25) is 0 Å². The highest BCUT2D eigenvalue weighted by Crippen LogP contribution is 2.22. The fourth-order valence-electron chi connectivity index (χ4n) is 3.48. The molecule has 126 valence electrons. The van der Waals surface area contributed by atoms with Crippen LogP contribution in [0.1, 0.15) is 24.8 Å². The molecule has 0 unspecified atom stereocenters. The van der Waals surface area contributed by atoms with Crippen LogP contribution in [0.4, 0.5) is 0 Å². The molecule has 0 aliphatic carbocycles. The quantitative estimate of drug-likeness (QED) is 0.835. The van der Waals surface area contributed by atoms with E-state index in [0.29, 0.717) is 19.5 Å². The SMILES string of the molecule is O=C([C@H]1CCCN1Cc1ccccc1)N1CCCS(=O)(=O)CC1. The van der Waals surface area contributed by atoms with E-state index in [0.717, 1.165) is 25.9 Å². The van der Waals surface area contributed by atoms with Crippen molar-refractivity contribution >= 4 is 15.7 Å². The van der Waals surface area contributed by atoms with Gasteiger partial charge in [0.15, 0.2) is 9.84 Å². The maximum Gasteiger partial charge on any atom is 0.239 e. The summed E-state index contributed by atoms with van der Waals surface area (Å²) in [6.07, 6.45) is 2.45. The first kappa shape index (κ1) is 16.5. The van der Waals surface area contributed by atoms with E-state index in [-0.39, 0.29) is 23.5 Å². The summed E-state index contributed by atoms with van der Waals surface area (Å²) in [6, 6.07) is 10.1. The summed E-state index contributed by atoms with van der Waals surface area (Å²) in [7, 11) is -2.98. The summed E-state index contributed by atoms with van der Waals surface area (Å²) in [5, 5.41) is 0. The molecular formula is C17H24N2O3S. The molecule has 5 nitrogen and oxygen atoms in total. The normalized spacial score (nSPS) is 25.2. The predicted octanol–water partition coefficient (Wildman–Crippen LogP) is 1.30. The van der Waals surface area contributed by atoms with Crippen molar-refractivity contribution in [3.05, 3.63) is 35.9 Å². The summed E-state index contributed by atoms with van der Waals surface area (Å²) >= 11 is 0. The fraction of sp³-hybridized carbons (Fsp3) is 0.588. The Balaban J connectivity index is 1.66. The van der Waals surface area contributed by atoms with Crippen molar-refractivity contribution in [3.8, 4) is 0 Å². The van der Waals surface area contributed by atoms with Gasteiger partial charge in [-0.1, -0.05) is 30.3 Å². The lowest BCUT2D eigenvalue weighted by Gasteiger charge is -2.29. The second-order valence-corrected chi connectivity index (χ2v) is 8.75. The second-order valence-electron chi connectivity index (χ2n) is 6.44. The van der Waals surface area contributed by atoms with Gasteiger partial charge in [-0.3, -0.25) is 9.69 Å². The first-order valence-electron chi connectivity index (χ1n) is 8.32. The second kappa shape index (κ2) is 7.01. The van der Waals surface area contributed by atoms with Crippen molar-refractivity contribution in [2.24, 2.45) is 0 Å². The molecule has 1 atom stereocenters. The molecule has 0 N–H and O–H groups in total. The summed E-state index contributed by atoms with van der Waals surface area (Å²) in [5.41, 5.74) is 1.21. The first-order valence-corrected chi connectivity index (χ1v) is 10.1. The number of carbonyl (C=O) groups excluding carboxylic acids is 1. The van der Waals surface area contributed by atoms with E-state index in [1.54, 1.807) is 4.90 Å². The fourth-order valence-corrected chi connectivity index (χ4v) is 4.75. The van der Waals surface area contributed by atoms with Gasteiger partial charge in [0.25, 0.3) is 0 Å². The highest BCUT2D eigenvalue weighted by molar-refractivity contribution is 7.91. The zero-order chi connectivity index (χ0) is 16.3. The Morgan fingerprint density at radius 1 is 1.04 bits per heavy atom. The van der Waals surface area contributed by atoms with Gasteiger partial charge in [-0.05, 0) is 31.4 Å². The van der Waals surface area contributed by atoms with Crippen LogP contribution in [0.25, 0.3) is 0 Å². The highest BCUT2D eigenvalue weighted by Gasteiger charge is 2.34. The average molecular weight is 336 g/mol. The molecule has 1 aromatic carbocycles. The highest BCUT2D eigenvalue weighted by atomic mass is 32.2. The molecule has 2 aliphatic rings. The molecule has 2 aliphatic heterocycles. The minimum absolute atomic E-state index is 0.101. The van der Waals surface area contributed by atoms with Gasteiger partial charge < -0.3 is 4.90 Å². The van der Waals surface area contributed by atoms with Crippen LogP contribution in [-0.4, -0.2) is 61.3 Å². The molecule has 0 aromatic heterocycles. The van der Waals surface area contributed by atoms with E-state index in [2.05, 4.69) is 17.0 Å². The predicted molar refractivity (Wildman–Crippen MR) is 89.7 cm³/mol. The maximum absolute atomic E-state index is 12.9. The molecule has 2 saturated heterocycles. The number of benzene rings is 1. The molecule has 0 saturated carbocycles. The zero-order valence-electron chi connectivity index (χ0n) is 13.4. The monoisotopic (exact) mass is 336 g/mol. The third kappa shape index (κ3) is 4.12. The number of hydrogen-bond donors (Lipinski definition) is 0. The van der Waals surface area contributed by atoms with E-state index >= 15 is 0 Å². The number of likely N-dealkylation sites (tertiary alicyclic amines) is 1. The van der Waals surface area contributed by atoms with Crippen molar-refractivity contribution in [1.29, 1.82) is 0 Å². The Kier molecular flexibility index (Phi) is 5.02. The minimum Gasteiger partial charge on any atom is -0.340 e. The van der Waals surface area contributed by atoms with Crippen molar-refractivity contribution in [3.63, 3.8) is 0 Å². The Bertz CT molecular complexity index is 645. The minimum atomic E-state index is -2.98. The number of nitrogens with zero attached hydrogens (tertiary/aromatic N) is 2. The van der Waals surface area contributed by atoms with Gasteiger partial charge in [0.2, 0.25) is 5.91 Å². The summed E-state index contributed by atoms with van der Waals surface area (Å²) in [6.45, 7) is 2.62. The lowest BCUT2D eigenvalue weighted by molar-refractivity contribution is -0.135. The molecule has 0 spiro atoms. The molecule has 23 heavy (non-hydrogen) atoms. The third-order valence-corrected chi connectivity index (χ3v) is 6.46. The standard InChI is InChI=1S/C17H24N2O3S/c20-17(18-10-5-12-23(21,22)13-11-18)16-8-4-9-19(16)14-15-6-2-1-3-7-15/h1-3,6-7,16H,4-5,8-14H2/t16-/m1/s1. The van der Waals surface area contributed by atoms with E-state index in [9.17, 15) is 13.2 Å². The number of sulfone groups is 1. The Morgan fingerprint density at radius 2 is 1.83 bits per heavy atom. The molecule has 6 heteroatoms. The average Bonchev–Trinajstić information content (AvgIpc) is 2.90. The Hall–Kier alpha value is -1.40. The number of amides is 1. The number of rotatable bonds is 3. The van der Waals surface area contributed by atoms with Gasteiger partial charge >= 0.3 is 0 Å². The van der Waals surface area contributed by atoms with Crippen molar-refractivity contribution < 1.29 is 13.2 Å². The summed E-state index contributed by atoms with van der Waals surface area (Å²) in [5.74, 6) is 0.412. The summed E-state index contributed by atoms with van der Waals surface area (Å²) in [4.78, 5) is 16.8. The number of carbonyl (C=O) groups is 1. The number of hydrogen-bond acceptors (Lipinski definition) is 4. The van der Waals surface area contributed by atoms with E-state index in [4.69, 9.17) is 0 Å². The van der Waals surface area contributed by atoms with Crippen LogP contribution < -0.4 is 0 Å². The van der Waals surface area contributed by atoms with Crippen LogP contribution in [0.3, 0.4) is 0 Å². The van der Waals surface area contributed by atoms with Gasteiger partial charge in [0.1, 0.15) is 0 Å². The zero-order valence-corrected chi connectivity index (χ0v) is 14.2. The smallest absolute Gasteiger partial charge is 0.239 e. The van der Waals surface area contributed by atoms with E-state index in [1.165, 1.54) is 5.56 Å². The third-order valence-electron chi connectivity index (χ3n) is 4.74. The van der Waals surface area contributed by atoms with Crippen LogP contribution in [0.5, 0.6) is 0 Å². The Morgan fingerprint density at radius 3 is 2.61 bits per heavy atom. The van der Waals surface area contributed by atoms with Gasteiger partial charge in [0, 0.05) is 19.6 Å². The van der Waals surface area contributed by atoms with Crippen molar-refractivity contribution in [1.82, 2.24) is 9.80 Å². The van der Waals surface area contributed by atoms with Crippen molar-refractivity contribution in [2.75, 3.05) is 31.1 Å². The molecule has 0 bridgehead atoms. The molecule has 2 heterocycles. The van der Waals surface area contributed by atoms with Gasteiger partial charge in [0.05, 0.1) is 17.5 Å². The van der Waals surface area contributed by atoms with Crippen LogP contribution >= 0.6 is 0 Å². The van der Waals surface area contributed by atoms with Crippen LogP contribution in [0, 0.1) is 0 Å². The van der Waals surface area contributed by atoms with Crippen molar-refractivity contribution in [2.45, 2.75) is 31.8 Å². The van der Waals surface area contributed by atoms with Crippen LogP contribution in [-0.2, 0) is 21.2 Å². The largest absolute Gasteiger partial charge is 0.340 e. The summed E-state index contributed by atoms with van der Waals surface area (Å²) < 4.78 is 23.4.